The number of ether oxygens (including phenoxy) is 3. The highest BCUT2D eigenvalue weighted by molar-refractivity contribution is 6.00. The van der Waals surface area contributed by atoms with E-state index in [0.717, 1.165) is 11.3 Å². The van der Waals surface area contributed by atoms with Gasteiger partial charge in [0.15, 0.2) is 6.61 Å². The number of hydrogen-bond donors (Lipinski definition) is 1. The van der Waals surface area contributed by atoms with Crippen LogP contribution in [0.3, 0.4) is 0 Å². The molecule has 1 atom stereocenters. The van der Waals surface area contributed by atoms with Crippen molar-refractivity contribution in [1.82, 2.24) is 0 Å². The Kier molecular flexibility index (Phi) is 7.30. The van der Waals surface area contributed by atoms with Gasteiger partial charge in [0, 0.05) is 24.3 Å². The third kappa shape index (κ3) is 6.17. The number of hydrogen-bond acceptors (Lipinski definition) is 6. The van der Waals surface area contributed by atoms with Gasteiger partial charge in [-0.25, -0.2) is 0 Å². The molecule has 0 saturated carbocycles. The molecule has 1 aliphatic heterocycles. The van der Waals surface area contributed by atoms with Crippen LogP contribution in [0.5, 0.6) is 17.2 Å². The molecule has 2 amide bonds. The normalized spacial score (nSPS) is 15.0. The number of methoxy groups -OCH3 is 1. The summed E-state index contributed by atoms with van der Waals surface area (Å²) < 4.78 is 16.1. The van der Waals surface area contributed by atoms with Crippen molar-refractivity contribution in [2.75, 3.05) is 30.5 Å². The number of esters is 1. The first kappa shape index (κ1) is 23.8. The molecule has 8 nitrogen and oxygen atoms in total. The fourth-order valence-electron chi connectivity index (χ4n) is 3.68. The van der Waals surface area contributed by atoms with Gasteiger partial charge in [-0.1, -0.05) is 17.7 Å². The topological polar surface area (TPSA) is 94.2 Å². The van der Waals surface area contributed by atoms with Crippen LogP contribution in [0.2, 0.25) is 0 Å². The molecule has 1 heterocycles. The van der Waals surface area contributed by atoms with Gasteiger partial charge in [-0.3, -0.25) is 14.4 Å². The van der Waals surface area contributed by atoms with Gasteiger partial charge in [0.2, 0.25) is 5.91 Å². The van der Waals surface area contributed by atoms with Crippen molar-refractivity contribution in [1.29, 1.82) is 0 Å². The molecular weight excluding hydrogens is 448 g/mol. The minimum atomic E-state index is -0.639. The molecule has 0 bridgehead atoms. The van der Waals surface area contributed by atoms with E-state index < -0.39 is 24.4 Å². The van der Waals surface area contributed by atoms with E-state index >= 15 is 0 Å². The summed E-state index contributed by atoms with van der Waals surface area (Å²) in [5, 5.41) is 2.65. The van der Waals surface area contributed by atoms with Crippen LogP contribution in [0, 0.1) is 12.8 Å². The van der Waals surface area contributed by atoms with Crippen LogP contribution in [0.4, 0.5) is 11.4 Å². The lowest BCUT2D eigenvalue weighted by Crippen LogP contribution is -2.28. The van der Waals surface area contributed by atoms with E-state index in [-0.39, 0.29) is 18.9 Å². The standard InChI is InChI=1S/C27H26N2O6/c1-18-3-9-23(10-4-18)35-24-13-7-21(8-14-24)29-16-19(15-26(29)31)27(32)34-17-25(30)28-20-5-11-22(33-2)12-6-20/h3-14,19H,15-17H2,1-2H3,(H,28,30)/t19-/m1/s1. The molecule has 0 unspecified atom stereocenters. The first-order valence-corrected chi connectivity index (χ1v) is 11.2. The second-order valence-electron chi connectivity index (χ2n) is 8.20. The van der Waals surface area contributed by atoms with Crippen LogP contribution in [0.15, 0.2) is 72.8 Å². The third-order valence-electron chi connectivity index (χ3n) is 5.58. The quantitative estimate of drug-likeness (QED) is 0.489. The Balaban J connectivity index is 1.27. The molecule has 0 aliphatic carbocycles. The highest BCUT2D eigenvalue weighted by Gasteiger charge is 2.36. The number of aryl methyl sites for hydroxylation is 1. The lowest BCUT2D eigenvalue weighted by Gasteiger charge is -2.17. The molecule has 3 aromatic rings. The Hall–Kier alpha value is -4.33. The number of anilines is 2. The SMILES string of the molecule is COc1ccc(NC(=O)COC(=O)[C@@H]2CC(=O)N(c3ccc(Oc4ccc(C)cc4)cc3)C2)cc1. The molecule has 0 spiro atoms. The summed E-state index contributed by atoms with van der Waals surface area (Å²) in [6, 6.07) is 21.6. The van der Waals surface area contributed by atoms with Crippen molar-refractivity contribution in [3.8, 4) is 17.2 Å². The zero-order valence-electron chi connectivity index (χ0n) is 19.5. The Labute approximate surface area is 203 Å². The number of carbonyl (C=O) groups excluding carboxylic acids is 3. The Morgan fingerprint density at radius 1 is 0.914 bits per heavy atom. The van der Waals surface area contributed by atoms with E-state index in [1.165, 1.54) is 0 Å². The second kappa shape index (κ2) is 10.7. The van der Waals surface area contributed by atoms with Crippen LogP contribution in [0.25, 0.3) is 0 Å². The molecule has 4 rings (SSSR count). The number of nitrogens with one attached hydrogen (secondary N) is 1. The largest absolute Gasteiger partial charge is 0.497 e. The zero-order valence-corrected chi connectivity index (χ0v) is 19.5. The highest BCUT2D eigenvalue weighted by atomic mass is 16.5. The lowest BCUT2D eigenvalue weighted by atomic mass is 10.1. The van der Waals surface area contributed by atoms with Crippen molar-refractivity contribution in [2.45, 2.75) is 13.3 Å². The Bertz CT molecular complexity index is 1190. The van der Waals surface area contributed by atoms with Gasteiger partial charge < -0.3 is 24.4 Å². The van der Waals surface area contributed by atoms with Crippen LogP contribution in [0.1, 0.15) is 12.0 Å². The number of rotatable bonds is 8. The Morgan fingerprint density at radius 2 is 1.51 bits per heavy atom. The fourth-order valence-corrected chi connectivity index (χ4v) is 3.68. The summed E-state index contributed by atoms with van der Waals surface area (Å²) in [5.74, 6) is 0.168. The molecule has 1 aliphatic rings. The van der Waals surface area contributed by atoms with Crippen molar-refractivity contribution >= 4 is 29.2 Å². The van der Waals surface area contributed by atoms with E-state index in [4.69, 9.17) is 14.2 Å². The molecule has 0 aromatic heterocycles. The summed E-state index contributed by atoms with van der Waals surface area (Å²) >= 11 is 0. The highest BCUT2D eigenvalue weighted by Crippen LogP contribution is 2.29. The Morgan fingerprint density at radius 3 is 2.14 bits per heavy atom. The maximum atomic E-state index is 12.5. The fraction of sp³-hybridized carbons (Fsp3) is 0.222. The monoisotopic (exact) mass is 474 g/mol. The maximum Gasteiger partial charge on any atom is 0.311 e. The van der Waals surface area contributed by atoms with Gasteiger partial charge in [0.1, 0.15) is 17.2 Å². The molecule has 3 aromatic carbocycles. The summed E-state index contributed by atoms with van der Waals surface area (Å²) in [6.07, 6.45) is 0.0283. The molecule has 1 fully saturated rings. The van der Waals surface area contributed by atoms with E-state index in [9.17, 15) is 14.4 Å². The van der Waals surface area contributed by atoms with Crippen molar-refractivity contribution in [3.63, 3.8) is 0 Å². The van der Waals surface area contributed by atoms with E-state index in [2.05, 4.69) is 5.32 Å². The minimum Gasteiger partial charge on any atom is -0.497 e. The first-order chi connectivity index (χ1) is 16.9. The average molecular weight is 475 g/mol. The van der Waals surface area contributed by atoms with E-state index in [1.807, 2.05) is 31.2 Å². The number of carbonyl (C=O) groups is 3. The molecule has 1 N–H and O–H groups in total. The van der Waals surface area contributed by atoms with Gasteiger partial charge in [-0.2, -0.15) is 0 Å². The molecule has 8 heteroatoms. The molecule has 35 heavy (non-hydrogen) atoms. The van der Waals surface area contributed by atoms with Crippen LogP contribution < -0.4 is 19.7 Å². The van der Waals surface area contributed by atoms with Crippen LogP contribution in [-0.4, -0.2) is 38.0 Å². The average Bonchev–Trinajstić information content (AvgIpc) is 3.26. The molecular formula is C27H26N2O6. The molecule has 180 valence electrons. The van der Waals surface area contributed by atoms with Gasteiger partial charge in [0.25, 0.3) is 5.91 Å². The smallest absolute Gasteiger partial charge is 0.311 e. The van der Waals surface area contributed by atoms with Crippen molar-refractivity contribution in [3.05, 3.63) is 78.4 Å². The number of benzene rings is 3. The summed E-state index contributed by atoms with van der Waals surface area (Å²) in [5.41, 5.74) is 2.37. The van der Waals surface area contributed by atoms with Crippen LogP contribution in [-0.2, 0) is 19.1 Å². The lowest BCUT2D eigenvalue weighted by molar-refractivity contribution is -0.151. The van der Waals surface area contributed by atoms with Gasteiger partial charge >= 0.3 is 5.97 Å². The van der Waals surface area contributed by atoms with E-state index in [1.54, 1.807) is 60.5 Å². The first-order valence-electron chi connectivity index (χ1n) is 11.2. The summed E-state index contributed by atoms with van der Waals surface area (Å²) in [6.45, 7) is 1.77. The third-order valence-corrected chi connectivity index (χ3v) is 5.58. The summed E-state index contributed by atoms with van der Waals surface area (Å²) in [7, 11) is 1.55. The van der Waals surface area contributed by atoms with E-state index in [0.29, 0.717) is 22.9 Å². The second-order valence-corrected chi connectivity index (χ2v) is 8.20. The summed E-state index contributed by atoms with van der Waals surface area (Å²) in [4.78, 5) is 38.6. The number of amides is 2. The van der Waals surface area contributed by atoms with Crippen LogP contribution >= 0.6 is 0 Å². The van der Waals surface area contributed by atoms with Gasteiger partial charge in [0.05, 0.1) is 13.0 Å². The predicted molar refractivity (Wildman–Crippen MR) is 131 cm³/mol. The molecule has 0 radical (unpaired) electrons. The predicted octanol–water partition coefficient (Wildman–Crippen LogP) is 4.33. The maximum absolute atomic E-state index is 12.5. The van der Waals surface area contributed by atoms with Crippen molar-refractivity contribution in [2.24, 2.45) is 5.92 Å². The van der Waals surface area contributed by atoms with Gasteiger partial charge in [-0.05, 0) is 67.6 Å². The van der Waals surface area contributed by atoms with Crippen molar-refractivity contribution < 1.29 is 28.6 Å². The minimum absolute atomic E-state index is 0.0283. The molecule has 1 saturated heterocycles. The number of nitrogens with zero attached hydrogens (tertiary/aromatic N) is 1. The van der Waals surface area contributed by atoms with Gasteiger partial charge in [-0.15, -0.1) is 0 Å². The zero-order chi connectivity index (χ0) is 24.8.